The lowest BCUT2D eigenvalue weighted by Crippen LogP contribution is -2.25. The Morgan fingerprint density at radius 2 is 1.36 bits per heavy atom. The highest BCUT2D eigenvalue weighted by molar-refractivity contribution is 7.21. The van der Waals surface area contributed by atoms with Gasteiger partial charge >= 0.3 is 5.13 Å². The van der Waals surface area contributed by atoms with Crippen LogP contribution in [-0.4, -0.2) is 4.57 Å². The van der Waals surface area contributed by atoms with Crippen LogP contribution in [0.5, 0.6) is 0 Å². The molecule has 0 aliphatic heterocycles. The number of hydrogen-bond donors (Lipinski definition) is 0. The van der Waals surface area contributed by atoms with Crippen molar-refractivity contribution in [2.24, 2.45) is 29.4 Å². The fraction of sp³-hybridized carbons (Fsp3) is 0.0714. The van der Waals surface area contributed by atoms with Crippen LogP contribution in [0.1, 0.15) is 0 Å². The van der Waals surface area contributed by atoms with Crippen LogP contribution in [0.2, 0.25) is 0 Å². The molecular formula is C28H23N6S2+. The van der Waals surface area contributed by atoms with Crippen molar-refractivity contribution in [2.75, 3.05) is 5.01 Å². The summed E-state index contributed by atoms with van der Waals surface area (Å²) >= 11 is 3.30. The number of nitrogens with zero attached hydrogens (tertiary/aromatic N) is 6. The molecule has 176 valence electrons. The van der Waals surface area contributed by atoms with Gasteiger partial charge < -0.3 is 4.57 Å². The van der Waals surface area contributed by atoms with Crippen molar-refractivity contribution < 1.29 is 4.57 Å². The standard InChI is InChI=1S/C28H23N6S2/c1-32-23-12-6-8-14-25(23)35-27(32)30-29-20-16-18-22(19-17-20)34(21-10-4-3-5-11-21)31-28-33(2)24-13-7-9-15-26(24)36-28/h3-19H,1-2H3/q+1/b31-28+. The Morgan fingerprint density at radius 3 is 2.11 bits per heavy atom. The number of thiazole rings is 2. The van der Waals surface area contributed by atoms with Gasteiger partial charge in [-0.2, -0.15) is 0 Å². The predicted octanol–water partition coefficient (Wildman–Crippen LogP) is 7.35. The number of azo groups is 1. The van der Waals surface area contributed by atoms with E-state index < -0.39 is 0 Å². The molecule has 0 aliphatic carbocycles. The first-order valence-electron chi connectivity index (χ1n) is 11.5. The molecule has 0 amide bonds. The van der Waals surface area contributed by atoms with Crippen LogP contribution in [0, 0.1) is 0 Å². The first-order valence-corrected chi connectivity index (χ1v) is 13.1. The minimum Gasteiger partial charge on any atom is -0.318 e. The summed E-state index contributed by atoms with van der Waals surface area (Å²) in [6.45, 7) is 0. The number of para-hydroxylation sites is 3. The third-order valence-corrected chi connectivity index (χ3v) is 8.17. The van der Waals surface area contributed by atoms with E-state index in [1.54, 1.807) is 22.7 Å². The van der Waals surface area contributed by atoms with Crippen molar-refractivity contribution >= 4 is 65.3 Å². The van der Waals surface area contributed by atoms with Crippen molar-refractivity contribution in [3.63, 3.8) is 0 Å². The van der Waals surface area contributed by atoms with Crippen molar-refractivity contribution in [2.45, 2.75) is 0 Å². The Bertz CT molecular complexity index is 1760. The van der Waals surface area contributed by atoms with Gasteiger partial charge in [0.15, 0.2) is 0 Å². The molecule has 2 heterocycles. The molecular weight excluding hydrogens is 484 g/mol. The van der Waals surface area contributed by atoms with E-state index in [2.05, 4.69) is 74.9 Å². The number of anilines is 2. The number of aryl methyl sites for hydroxylation is 2. The third-order valence-electron chi connectivity index (χ3n) is 5.96. The Kier molecular flexibility index (Phi) is 5.88. The number of hydrogen-bond acceptors (Lipinski definition) is 6. The van der Waals surface area contributed by atoms with Gasteiger partial charge in [0.2, 0.25) is 4.80 Å². The van der Waals surface area contributed by atoms with E-state index in [1.807, 2.05) is 66.7 Å². The molecule has 2 aromatic heterocycles. The van der Waals surface area contributed by atoms with Crippen molar-refractivity contribution in [3.8, 4) is 0 Å². The Morgan fingerprint density at radius 1 is 0.694 bits per heavy atom. The molecule has 0 bridgehead atoms. The average Bonchev–Trinajstić information content (AvgIpc) is 3.43. The summed E-state index contributed by atoms with van der Waals surface area (Å²) in [5.74, 6) is 0. The largest absolute Gasteiger partial charge is 0.409 e. The van der Waals surface area contributed by atoms with Gasteiger partial charge in [0.25, 0.3) is 0 Å². The Balaban J connectivity index is 1.35. The number of fused-ring (bicyclic) bond motifs is 2. The second-order valence-electron chi connectivity index (χ2n) is 8.29. The Labute approximate surface area is 216 Å². The third kappa shape index (κ3) is 4.21. The summed E-state index contributed by atoms with van der Waals surface area (Å²) < 4.78 is 6.60. The van der Waals surface area contributed by atoms with Crippen molar-refractivity contribution in [1.82, 2.24) is 4.57 Å². The summed E-state index contributed by atoms with van der Waals surface area (Å²) in [5.41, 5.74) is 5.05. The minimum atomic E-state index is 0.789. The van der Waals surface area contributed by atoms with E-state index in [-0.39, 0.29) is 0 Å². The zero-order chi connectivity index (χ0) is 24.5. The van der Waals surface area contributed by atoms with Gasteiger partial charge in [-0.15, -0.1) is 5.10 Å². The molecule has 0 saturated carbocycles. The van der Waals surface area contributed by atoms with Crippen LogP contribution in [0.3, 0.4) is 0 Å². The molecule has 4 aromatic carbocycles. The summed E-state index contributed by atoms with van der Waals surface area (Å²) in [6.07, 6.45) is 0. The van der Waals surface area contributed by atoms with Gasteiger partial charge in [0.05, 0.1) is 38.5 Å². The van der Waals surface area contributed by atoms with Gasteiger partial charge in [-0.1, -0.05) is 53.8 Å². The molecule has 0 radical (unpaired) electrons. The maximum absolute atomic E-state index is 5.05. The topological polar surface area (TPSA) is 49.1 Å². The Hall–Kier alpha value is -4.14. The highest BCUT2D eigenvalue weighted by Crippen LogP contribution is 2.30. The lowest BCUT2D eigenvalue weighted by molar-refractivity contribution is -0.627. The summed E-state index contributed by atoms with van der Waals surface area (Å²) in [5, 5.41) is 16.9. The van der Waals surface area contributed by atoms with Crippen LogP contribution in [0.25, 0.3) is 20.4 Å². The van der Waals surface area contributed by atoms with E-state index in [0.717, 1.165) is 32.5 Å². The first-order chi connectivity index (χ1) is 17.7. The maximum Gasteiger partial charge on any atom is 0.409 e. The van der Waals surface area contributed by atoms with Crippen LogP contribution >= 0.6 is 22.7 Å². The molecule has 0 aliphatic rings. The van der Waals surface area contributed by atoms with E-state index in [0.29, 0.717) is 0 Å². The fourth-order valence-electron chi connectivity index (χ4n) is 4.04. The quantitative estimate of drug-likeness (QED) is 0.137. The smallest absolute Gasteiger partial charge is 0.318 e. The number of aromatic nitrogens is 2. The van der Waals surface area contributed by atoms with Crippen LogP contribution in [0.15, 0.2) is 118 Å². The van der Waals surface area contributed by atoms with Gasteiger partial charge in [0.1, 0.15) is 11.2 Å². The molecule has 0 fully saturated rings. The zero-order valence-corrected chi connectivity index (χ0v) is 21.4. The normalized spacial score (nSPS) is 12.2. The van der Waals surface area contributed by atoms with E-state index >= 15 is 0 Å². The molecule has 0 N–H and O–H groups in total. The van der Waals surface area contributed by atoms with Crippen LogP contribution in [0.4, 0.5) is 22.2 Å². The number of rotatable bonds is 5. The maximum atomic E-state index is 5.05. The van der Waals surface area contributed by atoms with Gasteiger partial charge in [-0.25, -0.2) is 9.58 Å². The molecule has 6 rings (SSSR count). The fourth-order valence-corrected chi connectivity index (χ4v) is 6.02. The number of benzene rings is 4. The van der Waals surface area contributed by atoms with Crippen LogP contribution in [-0.2, 0) is 14.1 Å². The van der Waals surface area contributed by atoms with Gasteiger partial charge in [-0.3, -0.25) is 0 Å². The molecule has 6 aromatic rings. The molecule has 0 spiro atoms. The second-order valence-corrected chi connectivity index (χ2v) is 10.3. The van der Waals surface area contributed by atoms with E-state index in [4.69, 9.17) is 5.10 Å². The van der Waals surface area contributed by atoms with Gasteiger partial charge in [0, 0.05) is 7.05 Å². The molecule has 0 saturated heterocycles. The minimum absolute atomic E-state index is 0.789. The monoisotopic (exact) mass is 507 g/mol. The highest BCUT2D eigenvalue weighted by Gasteiger charge is 2.15. The second kappa shape index (κ2) is 9.49. The molecule has 6 nitrogen and oxygen atoms in total. The predicted molar refractivity (Wildman–Crippen MR) is 149 cm³/mol. The lowest BCUT2D eigenvalue weighted by Gasteiger charge is -2.18. The lowest BCUT2D eigenvalue weighted by atomic mass is 10.2. The van der Waals surface area contributed by atoms with E-state index in [1.165, 1.54) is 14.9 Å². The SMILES string of the molecule is Cn1/c(=N\N(c2ccccc2)c2ccc(N=Nc3sc4ccccc4[n+]3C)cc2)sc2ccccc21. The zero-order valence-electron chi connectivity index (χ0n) is 19.8. The van der Waals surface area contributed by atoms with Crippen LogP contribution < -0.4 is 14.4 Å². The summed E-state index contributed by atoms with van der Waals surface area (Å²) in [6, 6.07) is 34.8. The summed E-state index contributed by atoms with van der Waals surface area (Å²) in [4.78, 5) is 0.918. The van der Waals surface area contributed by atoms with Crippen molar-refractivity contribution in [3.05, 3.63) is 108 Å². The average molecular weight is 508 g/mol. The molecule has 0 atom stereocenters. The highest BCUT2D eigenvalue weighted by atomic mass is 32.1. The summed E-state index contributed by atoms with van der Waals surface area (Å²) in [7, 11) is 4.07. The molecule has 0 unspecified atom stereocenters. The first kappa shape index (κ1) is 22.3. The molecule has 36 heavy (non-hydrogen) atoms. The van der Waals surface area contributed by atoms with Crippen molar-refractivity contribution in [1.29, 1.82) is 0 Å². The molecule has 8 heteroatoms. The van der Waals surface area contributed by atoms with Gasteiger partial charge in [-0.05, 0) is 77.1 Å². The van der Waals surface area contributed by atoms with E-state index in [9.17, 15) is 0 Å².